The highest BCUT2D eigenvalue weighted by Crippen LogP contribution is 2.17. The van der Waals surface area contributed by atoms with Crippen molar-refractivity contribution in [2.75, 3.05) is 39.3 Å². The lowest BCUT2D eigenvalue weighted by molar-refractivity contribution is 0.101. The average Bonchev–Trinajstić information content (AvgIpc) is 2.90. The van der Waals surface area contributed by atoms with E-state index in [4.69, 9.17) is 0 Å². The van der Waals surface area contributed by atoms with Crippen LogP contribution >= 0.6 is 0 Å². The van der Waals surface area contributed by atoms with Crippen molar-refractivity contribution in [2.24, 2.45) is 0 Å². The van der Waals surface area contributed by atoms with Gasteiger partial charge in [-0.25, -0.2) is 0 Å². The highest BCUT2D eigenvalue weighted by Gasteiger charge is 2.21. The molecule has 0 aromatic carbocycles. The van der Waals surface area contributed by atoms with Gasteiger partial charge in [0.25, 0.3) is 0 Å². The lowest BCUT2D eigenvalue weighted by Crippen LogP contribution is -2.52. The molecule has 18 heavy (non-hydrogen) atoms. The van der Waals surface area contributed by atoms with Crippen LogP contribution in [-0.2, 0) is 0 Å². The van der Waals surface area contributed by atoms with Gasteiger partial charge in [0.15, 0.2) is 0 Å². The van der Waals surface area contributed by atoms with Crippen LogP contribution < -0.4 is 5.32 Å². The SMILES string of the molecule is CCCN1CCN(C(C)CNC2CCCC2)CC1. The van der Waals surface area contributed by atoms with E-state index in [2.05, 4.69) is 29.0 Å². The van der Waals surface area contributed by atoms with Gasteiger partial charge in [-0.1, -0.05) is 19.8 Å². The third-order valence-electron chi connectivity index (χ3n) is 4.63. The topological polar surface area (TPSA) is 18.5 Å². The molecule has 2 aliphatic rings. The van der Waals surface area contributed by atoms with E-state index in [-0.39, 0.29) is 0 Å². The maximum absolute atomic E-state index is 3.76. The molecular formula is C15H31N3. The van der Waals surface area contributed by atoms with Gasteiger partial charge in [-0.2, -0.15) is 0 Å². The zero-order valence-corrected chi connectivity index (χ0v) is 12.3. The number of rotatable bonds is 6. The highest BCUT2D eigenvalue weighted by atomic mass is 15.3. The summed E-state index contributed by atoms with van der Waals surface area (Å²) in [5, 5.41) is 3.76. The Hall–Kier alpha value is -0.120. The molecule has 3 nitrogen and oxygen atoms in total. The maximum Gasteiger partial charge on any atom is 0.0193 e. The van der Waals surface area contributed by atoms with Crippen molar-refractivity contribution in [1.82, 2.24) is 15.1 Å². The van der Waals surface area contributed by atoms with E-state index in [1.54, 1.807) is 0 Å². The second-order valence-electron chi connectivity index (χ2n) is 6.12. The zero-order chi connectivity index (χ0) is 12.8. The molecule has 106 valence electrons. The van der Waals surface area contributed by atoms with E-state index in [0.717, 1.165) is 6.04 Å². The minimum atomic E-state index is 0.703. The average molecular weight is 253 g/mol. The molecule has 1 heterocycles. The van der Waals surface area contributed by atoms with Crippen LogP contribution in [0.2, 0.25) is 0 Å². The molecule has 1 saturated heterocycles. The largest absolute Gasteiger partial charge is 0.312 e. The molecule has 0 radical (unpaired) electrons. The van der Waals surface area contributed by atoms with Gasteiger partial charge >= 0.3 is 0 Å². The Labute approximate surface area is 113 Å². The van der Waals surface area contributed by atoms with Crippen molar-refractivity contribution in [3.8, 4) is 0 Å². The Bertz CT molecular complexity index is 218. The summed E-state index contributed by atoms with van der Waals surface area (Å²) in [6.07, 6.45) is 6.95. The zero-order valence-electron chi connectivity index (χ0n) is 12.3. The normalized spacial score (nSPS) is 25.7. The fourth-order valence-electron chi connectivity index (χ4n) is 3.34. The first kappa shape index (κ1) is 14.3. The van der Waals surface area contributed by atoms with E-state index in [1.165, 1.54) is 71.4 Å². The monoisotopic (exact) mass is 253 g/mol. The molecule has 1 aliphatic carbocycles. The van der Waals surface area contributed by atoms with E-state index >= 15 is 0 Å². The molecule has 0 aromatic heterocycles. The van der Waals surface area contributed by atoms with Gasteiger partial charge in [-0.05, 0) is 32.7 Å². The summed E-state index contributed by atoms with van der Waals surface area (Å²) in [5.41, 5.74) is 0. The van der Waals surface area contributed by atoms with Gasteiger partial charge in [-0.15, -0.1) is 0 Å². The lowest BCUT2D eigenvalue weighted by atomic mass is 10.2. The fraction of sp³-hybridized carbons (Fsp3) is 1.00. The number of nitrogens with zero attached hydrogens (tertiary/aromatic N) is 2. The number of piperazine rings is 1. The molecule has 1 N–H and O–H groups in total. The summed E-state index contributed by atoms with van der Waals surface area (Å²) in [4.78, 5) is 5.27. The highest BCUT2D eigenvalue weighted by molar-refractivity contribution is 4.80. The van der Waals surface area contributed by atoms with Crippen molar-refractivity contribution in [1.29, 1.82) is 0 Å². The Morgan fingerprint density at radius 1 is 1.11 bits per heavy atom. The molecule has 0 aromatic rings. The predicted octanol–water partition coefficient (Wildman–Crippen LogP) is 1.93. The summed E-state index contributed by atoms with van der Waals surface area (Å²) < 4.78 is 0. The summed E-state index contributed by atoms with van der Waals surface area (Å²) in [6.45, 7) is 12.2. The van der Waals surface area contributed by atoms with Crippen LogP contribution in [0.15, 0.2) is 0 Å². The summed E-state index contributed by atoms with van der Waals surface area (Å²) in [5.74, 6) is 0. The van der Waals surface area contributed by atoms with Crippen molar-refractivity contribution in [3.05, 3.63) is 0 Å². The van der Waals surface area contributed by atoms with Crippen LogP contribution in [0.1, 0.15) is 46.0 Å². The van der Waals surface area contributed by atoms with Gasteiger partial charge in [0.05, 0.1) is 0 Å². The van der Waals surface area contributed by atoms with Crippen molar-refractivity contribution in [3.63, 3.8) is 0 Å². The van der Waals surface area contributed by atoms with Gasteiger partial charge < -0.3 is 10.2 Å². The van der Waals surface area contributed by atoms with E-state index in [0.29, 0.717) is 6.04 Å². The maximum atomic E-state index is 3.76. The third-order valence-corrected chi connectivity index (χ3v) is 4.63. The van der Waals surface area contributed by atoms with Gasteiger partial charge in [-0.3, -0.25) is 4.90 Å². The smallest absolute Gasteiger partial charge is 0.0193 e. The molecule has 2 fully saturated rings. The lowest BCUT2D eigenvalue weighted by Gasteiger charge is -2.38. The molecule has 0 amide bonds. The van der Waals surface area contributed by atoms with E-state index in [1.807, 2.05) is 0 Å². The standard InChI is InChI=1S/C15H31N3/c1-3-8-17-9-11-18(12-10-17)14(2)13-16-15-6-4-5-7-15/h14-16H,3-13H2,1-2H3. The molecule has 0 bridgehead atoms. The van der Waals surface area contributed by atoms with Crippen LogP contribution in [0.5, 0.6) is 0 Å². The Kier molecular flexibility index (Phi) is 5.93. The molecule has 3 heteroatoms. The molecule has 2 rings (SSSR count). The first-order valence-electron chi connectivity index (χ1n) is 7.99. The molecular weight excluding hydrogens is 222 g/mol. The van der Waals surface area contributed by atoms with Crippen LogP contribution in [0, 0.1) is 0 Å². The minimum absolute atomic E-state index is 0.703. The predicted molar refractivity (Wildman–Crippen MR) is 78.0 cm³/mol. The van der Waals surface area contributed by atoms with Gasteiger partial charge in [0, 0.05) is 44.8 Å². The molecule has 1 unspecified atom stereocenters. The molecule has 1 saturated carbocycles. The number of nitrogens with one attached hydrogen (secondary N) is 1. The first-order chi connectivity index (χ1) is 8.79. The molecule has 1 atom stereocenters. The minimum Gasteiger partial charge on any atom is -0.312 e. The molecule has 0 spiro atoms. The number of hydrogen-bond acceptors (Lipinski definition) is 3. The summed E-state index contributed by atoms with van der Waals surface area (Å²) in [6, 6.07) is 1.52. The van der Waals surface area contributed by atoms with Crippen molar-refractivity contribution in [2.45, 2.75) is 58.0 Å². The summed E-state index contributed by atoms with van der Waals surface area (Å²) in [7, 11) is 0. The second kappa shape index (κ2) is 7.46. The number of hydrogen-bond donors (Lipinski definition) is 1. The molecule has 1 aliphatic heterocycles. The Morgan fingerprint density at radius 2 is 1.78 bits per heavy atom. The van der Waals surface area contributed by atoms with Gasteiger partial charge in [0.2, 0.25) is 0 Å². The van der Waals surface area contributed by atoms with Crippen molar-refractivity contribution < 1.29 is 0 Å². The van der Waals surface area contributed by atoms with Crippen LogP contribution in [0.4, 0.5) is 0 Å². The second-order valence-corrected chi connectivity index (χ2v) is 6.12. The van der Waals surface area contributed by atoms with Crippen LogP contribution in [0.25, 0.3) is 0 Å². The summed E-state index contributed by atoms with van der Waals surface area (Å²) >= 11 is 0. The fourth-order valence-corrected chi connectivity index (χ4v) is 3.34. The van der Waals surface area contributed by atoms with Crippen LogP contribution in [-0.4, -0.2) is 61.2 Å². The van der Waals surface area contributed by atoms with E-state index in [9.17, 15) is 0 Å². The Balaban J connectivity index is 1.62. The Morgan fingerprint density at radius 3 is 2.39 bits per heavy atom. The van der Waals surface area contributed by atoms with Crippen molar-refractivity contribution >= 4 is 0 Å². The third kappa shape index (κ3) is 4.22. The van der Waals surface area contributed by atoms with Crippen LogP contribution in [0.3, 0.4) is 0 Å². The van der Waals surface area contributed by atoms with Gasteiger partial charge in [0.1, 0.15) is 0 Å². The quantitative estimate of drug-likeness (QED) is 0.780. The first-order valence-corrected chi connectivity index (χ1v) is 7.99. The van der Waals surface area contributed by atoms with E-state index < -0.39 is 0 Å².